The Bertz CT molecular complexity index is 309. The molecular formula is C9H13NOS. The van der Waals surface area contributed by atoms with Crippen molar-refractivity contribution in [3.05, 3.63) is 23.8 Å². The van der Waals surface area contributed by atoms with Crippen LogP contribution >= 0.6 is 0 Å². The highest BCUT2D eigenvalue weighted by molar-refractivity contribution is 7.85. The maximum atomic E-state index is 11.4. The van der Waals surface area contributed by atoms with Gasteiger partial charge in [-0.3, -0.25) is 4.21 Å². The maximum Gasteiger partial charge on any atom is 0.0619 e. The molecule has 0 amide bonds. The van der Waals surface area contributed by atoms with E-state index in [1.165, 1.54) is 0 Å². The Balaban J connectivity index is 3.16. The van der Waals surface area contributed by atoms with Crippen LogP contribution in [0.1, 0.15) is 12.5 Å². The maximum absolute atomic E-state index is 11.4. The van der Waals surface area contributed by atoms with Crippen LogP contribution in [0, 0.1) is 6.92 Å². The van der Waals surface area contributed by atoms with E-state index in [9.17, 15) is 4.21 Å². The highest BCUT2D eigenvalue weighted by Crippen LogP contribution is 2.19. The van der Waals surface area contributed by atoms with Crippen LogP contribution in [-0.4, -0.2) is 9.96 Å². The van der Waals surface area contributed by atoms with Crippen molar-refractivity contribution in [2.45, 2.75) is 18.7 Å². The van der Waals surface area contributed by atoms with Crippen LogP contribution in [0.25, 0.3) is 0 Å². The van der Waals surface area contributed by atoms with Gasteiger partial charge in [0.05, 0.1) is 21.4 Å². The Hall–Kier alpha value is -0.830. The van der Waals surface area contributed by atoms with Crippen LogP contribution in [0.2, 0.25) is 0 Å². The van der Waals surface area contributed by atoms with Gasteiger partial charge in [0.15, 0.2) is 0 Å². The molecule has 0 aliphatic carbocycles. The van der Waals surface area contributed by atoms with Crippen LogP contribution in [0.5, 0.6) is 0 Å². The van der Waals surface area contributed by atoms with E-state index in [0.717, 1.165) is 10.5 Å². The van der Waals surface area contributed by atoms with Gasteiger partial charge in [-0.25, -0.2) is 0 Å². The summed E-state index contributed by atoms with van der Waals surface area (Å²) in [5.41, 5.74) is 7.43. The van der Waals surface area contributed by atoms with E-state index < -0.39 is 10.8 Å². The highest BCUT2D eigenvalue weighted by Gasteiger charge is 2.06. The Kier molecular flexibility index (Phi) is 2.87. The number of hydrogen-bond donors (Lipinski definition) is 1. The molecule has 0 radical (unpaired) electrons. The van der Waals surface area contributed by atoms with Gasteiger partial charge in [0.25, 0.3) is 0 Å². The summed E-state index contributed by atoms with van der Waals surface area (Å²) >= 11 is 0. The number of benzene rings is 1. The lowest BCUT2D eigenvalue weighted by Gasteiger charge is -2.05. The molecule has 1 unspecified atom stereocenters. The number of nitrogens with two attached hydrogens (primary N) is 1. The number of anilines is 1. The molecule has 12 heavy (non-hydrogen) atoms. The minimum atomic E-state index is -0.937. The summed E-state index contributed by atoms with van der Waals surface area (Å²) in [5.74, 6) is 0.619. The number of para-hydroxylation sites is 1. The molecule has 0 saturated heterocycles. The van der Waals surface area contributed by atoms with Crippen molar-refractivity contribution < 1.29 is 4.21 Å². The van der Waals surface area contributed by atoms with E-state index in [2.05, 4.69) is 0 Å². The summed E-state index contributed by atoms with van der Waals surface area (Å²) in [6.07, 6.45) is 0. The van der Waals surface area contributed by atoms with Crippen molar-refractivity contribution in [3.8, 4) is 0 Å². The molecule has 0 aromatic heterocycles. The standard InChI is InChI=1S/C9H13NOS/c1-3-12(11)8-6-4-5-7(2)9(8)10/h4-6H,3,10H2,1-2H3. The molecule has 2 nitrogen and oxygen atoms in total. The van der Waals surface area contributed by atoms with Crippen LogP contribution in [0.3, 0.4) is 0 Å². The molecule has 2 N–H and O–H groups in total. The molecular weight excluding hydrogens is 170 g/mol. The number of rotatable bonds is 2. The van der Waals surface area contributed by atoms with Gasteiger partial charge in [-0.05, 0) is 18.6 Å². The molecule has 0 heterocycles. The van der Waals surface area contributed by atoms with Crippen molar-refractivity contribution in [2.24, 2.45) is 0 Å². The SMILES string of the molecule is CCS(=O)c1cccc(C)c1N. The summed E-state index contributed by atoms with van der Waals surface area (Å²) < 4.78 is 11.4. The fraction of sp³-hybridized carbons (Fsp3) is 0.333. The Morgan fingerprint density at radius 2 is 2.17 bits per heavy atom. The molecule has 66 valence electrons. The van der Waals surface area contributed by atoms with Crippen molar-refractivity contribution in [1.82, 2.24) is 0 Å². The van der Waals surface area contributed by atoms with E-state index in [1.807, 2.05) is 32.0 Å². The second-order valence-corrected chi connectivity index (χ2v) is 4.33. The monoisotopic (exact) mass is 183 g/mol. The molecule has 0 saturated carbocycles. The summed E-state index contributed by atoms with van der Waals surface area (Å²) in [5, 5.41) is 0. The summed E-state index contributed by atoms with van der Waals surface area (Å²) in [7, 11) is -0.937. The van der Waals surface area contributed by atoms with Gasteiger partial charge < -0.3 is 5.73 Å². The fourth-order valence-electron chi connectivity index (χ4n) is 1.01. The first kappa shape index (κ1) is 9.26. The predicted molar refractivity (Wildman–Crippen MR) is 52.5 cm³/mol. The highest BCUT2D eigenvalue weighted by atomic mass is 32.2. The lowest BCUT2D eigenvalue weighted by Crippen LogP contribution is -2.01. The first-order chi connectivity index (χ1) is 5.66. The Labute approximate surface area is 75.2 Å². The van der Waals surface area contributed by atoms with Gasteiger partial charge in [0.1, 0.15) is 0 Å². The average molecular weight is 183 g/mol. The van der Waals surface area contributed by atoms with Crippen LogP contribution in [0.15, 0.2) is 23.1 Å². The Morgan fingerprint density at radius 1 is 1.50 bits per heavy atom. The molecule has 0 fully saturated rings. The summed E-state index contributed by atoms with van der Waals surface area (Å²) in [6, 6.07) is 5.63. The second kappa shape index (κ2) is 3.72. The van der Waals surface area contributed by atoms with Gasteiger partial charge in [-0.15, -0.1) is 0 Å². The summed E-state index contributed by atoms with van der Waals surface area (Å²) in [6.45, 7) is 3.81. The lowest BCUT2D eigenvalue weighted by molar-refractivity contribution is 0.684. The third-order valence-corrected chi connectivity index (χ3v) is 3.16. The summed E-state index contributed by atoms with van der Waals surface area (Å²) in [4.78, 5) is 0.762. The molecule has 1 atom stereocenters. The van der Waals surface area contributed by atoms with Crippen molar-refractivity contribution in [1.29, 1.82) is 0 Å². The first-order valence-corrected chi connectivity index (χ1v) is 5.22. The van der Waals surface area contributed by atoms with Crippen LogP contribution in [0.4, 0.5) is 5.69 Å². The third-order valence-electron chi connectivity index (χ3n) is 1.79. The van der Waals surface area contributed by atoms with Gasteiger partial charge >= 0.3 is 0 Å². The van der Waals surface area contributed by atoms with E-state index in [0.29, 0.717) is 11.4 Å². The normalized spacial score (nSPS) is 12.8. The minimum Gasteiger partial charge on any atom is -0.398 e. The lowest BCUT2D eigenvalue weighted by atomic mass is 10.2. The minimum absolute atomic E-state index is 0.619. The van der Waals surface area contributed by atoms with Crippen molar-refractivity contribution >= 4 is 16.5 Å². The molecule has 1 aromatic rings. The fourth-order valence-corrected chi connectivity index (χ4v) is 1.96. The van der Waals surface area contributed by atoms with Gasteiger partial charge in [0, 0.05) is 5.75 Å². The zero-order chi connectivity index (χ0) is 9.14. The van der Waals surface area contributed by atoms with E-state index in [-0.39, 0.29) is 0 Å². The second-order valence-electron chi connectivity index (χ2n) is 2.62. The molecule has 1 rings (SSSR count). The predicted octanol–water partition coefficient (Wildman–Crippen LogP) is 1.70. The third kappa shape index (κ3) is 1.67. The van der Waals surface area contributed by atoms with Gasteiger partial charge in [-0.1, -0.05) is 19.1 Å². The van der Waals surface area contributed by atoms with E-state index in [1.54, 1.807) is 0 Å². The van der Waals surface area contributed by atoms with Crippen LogP contribution in [-0.2, 0) is 10.8 Å². The average Bonchev–Trinajstić information content (AvgIpc) is 2.08. The number of aryl methyl sites for hydroxylation is 1. The molecule has 3 heteroatoms. The van der Waals surface area contributed by atoms with Crippen molar-refractivity contribution in [2.75, 3.05) is 11.5 Å². The van der Waals surface area contributed by atoms with Crippen LogP contribution < -0.4 is 5.73 Å². The quantitative estimate of drug-likeness (QED) is 0.709. The van der Waals surface area contributed by atoms with Gasteiger partial charge in [0.2, 0.25) is 0 Å². The molecule has 0 spiro atoms. The number of nitrogen functional groups attached to an aromatic ring is 1. The first-order valence-electron chi connectivity index (χ1n) is 3.90. The molecule has 0 aliphatic heterocycles. The zero-order valence-corrected chi connectivity index (χ0v) is 8.15. The Morgan fingerprint density at radius 3 is 2.75 bits per heavy atom. The zero-order valence-electron chi connectivity index (χ0n) is 7.33. The smallest absolute Gasteiger partial charge is 0.0619 e. The van der Waals surface area contributed by atoms with Gasteiger partial charge in [-0.2, -0.15) is 0 Å². The number of hydrogen-bond acceptors (Lipinski definition) is 2. The van der Waals surface area contributed by atoms with E-state index in [4.69, 9.17) is 5.73 Å². The molecule has 0 aliphatic rings. The largest absolute Gasteiger partial charge is 0.398 e. The van der Waals surface area contributed by atoms with Crippen molar-refractivity contribution in [3.63, 3.8) is 0 Å². The molecule has 1 aromatic carbocycles. The van der Waals surface area contributed by atoms with E-state index >= 15 is 0 Å². The molecule has 0 bridgehead atoms. The topological polar surface area (TPSA) is 43.1 Å².